The Labute approximate surface area is 146 Å². The molecule has 0 aliphatic carbocycles. The Morgan fingerprint density at radius 1 is 1.20 bits per heavy atom. The van der Waals surface area contributed by atoms with E-state index in [-0.39, 0.29) is 5.91 Å². The van der Waals surface area contributed by atoms with Crippen LogP contribution in [0.2, 0.25) is 0 Å². The first kappa shape index (κ1) is 15.6. The van der Waals surface area contributed by atoms with Gasteiger partial charge in [0.15, 0.2) is 0 Å². The lowest BCUT2D eigenvalue weighted by Crippen LogP contribution is -2.33. The zero-order valence-electron chi connectivity index (χ0n) is 14.2. The fraction of sp³-hybridized carbons (Fsp3) is 0.316. The smallest absolute Gasteiger partial charge is 0.256 e. The van der Waals surface area contributed by atoms with Crippen molar-refractivity contribution in [2.24, 2.45) is 5.92 Å². The third-order valence-electron chi connectivity index (χ3n) is 4.82. The number of anilines is 2. The fourth-order valence-corrected chi connectivity index (χ4v) is 3.21. The molecule has 0 atom stereocenters. The molecule has 1 aliphatic rings. The second kappa shape index (κ2) is 6.55. The highest BCUT2D eigenvalue weighted by atomic mass is 16.1. The summed E-state index contributed by atoms with van der Waals surface area (Å²) in [6.45, 7) is 4.27. The van der Waals surface area contributed by atoms with Crippen LogP contribution >= 0.6 is 0 Å². The molecule has 0 spiro atoms. The molecule has 1 aromatic carbocycles. The average Bonchev–Trinajstić information content (AvgIpc) is 3.10. The number of carbonyl (C=O) groups is 1. The molecule has 1 aliphatic heterocycles. The number of nitrogens with zero attached hydrogens (tertiary/aromatic N) is 3. The van der Waals surface area contributed by atoms with Gasteiger partial charge in [-0.15, -0.1) is 0 Å². The summed E-state index contributed by atoms with van der Waals surface area (Å²) in [4.78, 5) is 26.4. The van der Waals surface area contributed by atoms with Crippen molar-refractivity contribution in [2.75, 3.05) is 23.3 Å². The van der Waals surface area contributed by atoms with Crippen LogP contribution in [0.4, 0.5) is 11.6 Å². The second-order valence-electron chi connectivity index (χ2n) is 6.66. The Balaban J connectivity index is 1.50. The monoisotopic (exact) mass is 335 g/mol. The quantitative estimate of drug-likeness (QED) is 0.769. The Morgan fingerprint density at radius 2 is 2.04 bits per heavy atom. The molecule has 0 radical (unpaired) electrons. The zero-order valence-corrected chi connectivity index (χ0v) is 14.2. The standard InChI is InChI=1S/C19H21N5O/c1-13-5-8-24(9-6-13)18-11-17(21-12-22-18)23-19(25)15-2-3-16-14(10-15)4-7-20-16/h2-4,7,10-13,20H,5-6,8-9H2,1H3,(H,21,22,23,25). The van der Waals surface area contributed by atoms with Crippen LogP contribution in [-0.2, 0) is 0 Å². The SMILES string of the molecule is CC1CCN(c2cc(NC(=O)c3ccc4[nH]ccc4c3)ncn2)CC1. The largest absolute Gasteiger partial charge is 0.361 e. The van der Waals surface area contributed by atoms with E-state index in [0.717, 1.165) is 35.7 Å². The first-order valence-corrected chi connectivity index (χ1v) is 8.64. The van der Waals surface area contributed by atoms with Crippen molar-refractivity contribution in [3.63, 3.8) is 0 Å². The molecule has 4 rings (SSSR count). The van der Waals surface area contributed by atoms with Gasteiger partial charge in [0.1, 0.15) is 18.0 Å². The number of benzene rings is 1. The molecule has 128 valence electrons. The molecule has 2 aromatic heterocycles. The van der Waals surface area contributed by atoms with Crippen molar-refractivity contribution >= 4 is 28.4 Å². The van der Waals surface area contributed by atoms with Crippen LogP contribution in [0, 0.1) is 5.92 Å². The Bertz CT molecular complexity index is 895. The van der Waals surface area contributed by atoms with Gasteiger partial charge >= 0.3 is 0 Å². The molecule has 0 saturated carbocycles. The van der Waals surface area contributed by atoms with Crippen molar-refractivity contribution in [3.8, 4) is 0 Å². The maximum atomic E-state index is 12.5. The van der Waals surface area contributed by atoms with E-state index >= 15 is 0 Å². The molecular formula is C19H21N5O. The van der Waals surface area contributed by atoms with Gasteiger partial charge < -0.3 is 15.2 Å². The molecule has 1 saturated heterocycles. The molecule has 2 N–H and O–H groups in total. The molecule has 3 aromatic rings. The number of aromatic amines is 1. The maximum Gasteiger partial charge on any atom is 0.256 e. The summed E-state index contributed by atoms with van der Waals surface area (Å²) in [7, 11) is 0. The highest BCUT2D eigenvalue weighted by molar-refractivity contribution is 6.05. The Morgan fingerprint density at radius 3 is 2.88 bits per heavy atom. The van der Waals surface area contributed by atoms with E-state index in [9.17, 15) is 4.79 Å². The summed E-state index contributed by atoms with van der Waals surface area (Å²) in [5.41, 5.74) is 1.62. The number of hydrogen-bond acceptors (Lipinski definition) is 4. The van der Waals surface area contributed by atoms with E-state index in [1.807, 2.05) is 36.5 Å². The lowest BCUT2D eigenvalue weighted by atomic mass is 9.99. The fourth-order valence-electron chi connectivity index (χ4n) is 3.21. The number of aromatic nitrogens is 3. The number of hydrogen-bond donors (Lipinski definition) is 2. The van der Waals surface area contributed by atoms with Gasteiger partial charge in [0.05, 0.1) is 0 Å². The summed E-state index contributed by atoms with van der Waals surface area (Å²) in [5.74, 6) is 2.00. The number of H-pyrrole nitrogens is 1. The number of nitrogens with one attached hydrogen (secondary N) is 2. The number of carbonyl (C=O) groups excluding carboxylic acids is 1. The topological polar surface area (TPSA) is 73.9 Å². The molecule has 3 heterocycles. The summed E-state index contributed by atoms with van der Waals surface area (Å²) < 4.78 is 0. The Hall–Kier alpha value is -2.89. The van der Waals surface area contributed by atoms with Gasteiger partial charge in [-0.25, -0.2) is 9.97 Å². The highest BCUT2D eigenvalue weighted by Gasteiger charge is 2.18. The second-order valence-corrected chi connectivity index (χ2v) is 6.66. The Kier molecular flexibility index (Phi) is 4.09. The van der Waals surface area contributed by atoms with E-state index < -0.39 is 0 Å². The summed E-state index contributed by atoms with van der Waals surface area (Å²) >= 11 is 0. The highest BCUT2D eigenvalue weighted by Crippen LogP contribution is 2.22. The van der Waals surface area contributed by atoms with E-state index in [2.05, 4.69) is 32.1 Å². The van der Waals surface area contributed by atoms with Crippen LogP contribution < -0.4 is 10.2 Å². The van der Waals surface area contributed by atoms with Crippen molar-refractivity contribution in [1.82, 2.24) is 15.0 Å². The molecule has 0 unspecified atom stereocenters. The van der Waals surface area contributed by atoms with Crippen LogP contribution in [0.1, 0.15) is 30.1 Å². The van der Waals surface area contributed by atoms with Crippen LogP contribution in [-0.4, -0.2) is 33.9 Å². The minimum absolute atomic E-state index is 0.167. The normalized spacial score (nSPS) is 15.5. The summed E-state index contributed by atoms with van der Waals surface area (Å²) in [6.07, 6.45) is 5.71. The van der Waals surface area contributed by atoms with Gasteiger partial charge in [-0.3, -0.25) is 4.79 Å². The van der Waals surface area contributed by atoms with Gasteiger partial charge in [0, 0.05) is 41.8 Å². The molecule has 1 amide bonds. The lowest BCUT2D eigenvalue weighted by Gasteiger charge is -2.31. The van der Waals surface area contributed by atoms with Crippen molar-refractivity contribution in [1.29, 1.82) is 0 Å². The van der Waals surface area contributed by atoms with Gasteiger partial charge in [-0.05, 0) is 43.0 Å². The van der Waals surface area contributed by atoms with Crippen LogP contribution in [0.15, 0.2) is 42.9 Å². The van der Waals surface area contributed by atoms with Crippen LogP contribution in [0.25, 0.3) is 10.9 Å². The maximum absolute atomic E-state index is 12.5. The third kappa shape index (κ3) is 3.33. The molecule has 0 bridgehead atoms. The number of piperidine rings is 1. The molecule has 6 nitrogen and oxygen atoms in total. The minimum Gasteiger partial charge on any atom is -0.361 e. The predicted molar refractivity (Wildman–Crippen MR) is 98.9 cm³/mol. The molecular weight excluding hydrogens is 314 g/mol. The molecule has 1 fully saturated rings. The number of amides is 1. The average molecular weight is 335 g/mol. The van der Waals surface area contributed by atoms with Gasteiger partial charge in [-0.2, -0.15) is 0 Å². The first-order chi connectivity index (χ1) is 12.2. The summed E-state index contributed by atoms with van der Waals surface area (Å²) in [6, 6.07) is 9.39. The molecule has 25 heavy (non-hydrogen) atoms. The first-order valence-electron chi connectivity index (χ1n) is 8.64. The third-order valence-corrected chi connectivity index (χ3v) is 4.82. The van der Waals surface area contributed by atoms with Crippen LogP contribution in [0.5, 0.6) is 0 Å². The number of rotatable bonds is 3. The zero-order chi connectivity index (χ0) is 17.2. The number of fused-ring (bicyclic) bond motifs is 1. The molecule has 6 heteroatoms. The van der Waals surface area contributed by atoms with Gasteiger partial charge in [0.2, 0.25) is 0 Å². The summed E-state index contributed by atoms with van der Waals surface area (Å²) in [5, 5.41) is 3.89. The van der Waals surface area contributed by atoms with Crippen molar-refractivity contribution < 1.29 is 4.79 Å². The van der Waals surface area contributed by atoms with Gasteiger partial charge in [0.25, 0.3) is 5.91 Å². The minimum atomic E-state index is -0.167. The van der Waals surface area contributed by atoms with E-state index in [1.54, 1.807) is 0 Å². The van der Waals surface area contributed by atoms with E-state index in [0.29, 0.717) is 11.4 Å². The van der Waals surface area contributed by atoms with Crippen LogP contribution in [0.3, 0.4) is 0 Å². The van der Waals surface area contributed by atoms with Crippen molar-refractivity contribution in [3.05, 3.63) is 48.4 Å². The van der Waals surface area contributed by atoms with E-state index in [4.69, 9.17) is 0 Å². The lowest BCUT2D eigenvalue weighted by molar-refractivity contribution is 0.102. The van der Waals surface area contributed by atoms with E-state index in [1.165, 1.54) is 19.2 Å². The predicted octanol–water partition coefficient (Wildman–Crippen LogP) is 3.45. The van der Waals surface area contributed by atoms with Gasteiger partial charge in [-0.1, -0.05) is 6.92 Å². The van der Waals surface area contributed by atoms with Crippen molar-refractivity contribution in [2.45, 2.75) is 19.8 Å².